The number of aryl methyl sites for hydroxylation is 3. The van der Waals surface area contributed by atoms with Gasteiger partial charge in [0.15, 0.2) is 5.13 Å². The first-order valence-electron chi connectivity index (χ1n) is 8.42. The van der Waals surface area contributed by atoms with Crippen LogP contribution in [-0.4, -0.2) is 44.7 Å². The van der Waals surface area contributed by atoms with Crippen molar-refractivity contribution in [1.29, 1.82) is 0 Å². The van der Waals surface area contributed by atoms with E-state index >= 15 is 0 Å². The Kier molecular flexibility index (Phi) is 5.01. The van der Waals surface area contributed by atoms with Crippen LogP contribution in [0.1, 0.15) is 41.9 Å². The molecule has 1 fully saturated rings. The van der Waals surface area contributed by atoms with Crippen molar-refractivity contribution < 1.29 is 4.79 Å². The zero-order valence-corrected chi connectivity index (χ0v) is 15.6. The van der Waals surface area contributed by atoms with Crippen LogP contribution in [0.3, 0.4) is 0 Å². The van der Waals surface area contributed by atoms with Crippen molar-refractivity contribution in [2.24, 2.45) is 7.05 Å². The van der Waals surface area contributed by atoms with Crippen LogP contribution in [0.2, 0.25) is 0 Å². The molecule has 0 spiro atoms. The molecule has 3 rings (SSSR count). The van der Waals surface area contributed by atoms with E-state index in [0.717, 1.165) is 36.5 Å². The smallest absolute Gasteiger partial charge is 0.243 e. The second-order valence-electron chi connectivity index (χ2n) is 6.54. The molecule has 24 heavy (non-hydrogen) atoms. The van der Waals surface area contributed by atoms with Gasteiger partial charge in [-0.25, -0.2) is 4.98 Å². The Labute approximate surface area is 146 Å². The maximum Gasteiger partial charge on any atom is 0.243 e. The van der Waals surface area contributed by atoms with E-state index in [-0.39, 0.29) is 11.9 Å². The molecule has 6 nitrogen and oxygen atoms in total. The Morgan fingerprint density at radius 1 is 1.46 bits per heavy atom. The third-order valence-electron chi connectivity index (χ3n) is 4.92. The van der Waals surface area contributed by atoms with Gasteiger partial charge >= 0.3 is 0 Å². The molecule has 2 aromatic rings. The molecule has 0 radical (unpaired) electrons. The molecule has 0 bridgehead atoms. The number of rotatable bonds is 4. The summed E-state index contributed by atoms with van der Waals surface area (Å²) in [6, 6.07) is 1.92. The third kappa shape index (κ3) is 3.52. The van der Waals surface area contributed by atoms with Crippen LogP contribution in [-0.2, 0) is 11.8 Å². The predicted molar refractivity (Wildman–Crippen MR) is 96.4 cm³/mol. The van der Waals surface area contributed by atoms with Crippen molar-refractivity contribution in [1.82, 2.24) is 19.7 Å². The van der Waals surface area contributed by atoms with E-state index in [1.807, 2.05) is 38.7 Å². The zero-order chi connectivity index (χ0) is 17.3. The maximum atomic E-state index is 12.6. The summed E-state index contributed by atoms with van der Waals surface area (Å²) >= 11 is 1.53. The summed E-state index contributed by atoms with van der Waals surface area (Å²) in [5.74, 6) is 0.459. The molecule has 3 heterocycles. The summed E-state index contributed by atoms with van der Waals surface area (Å²) < 4.78 is 1.94. The molecule has 0 aliphatic carbocycles. The first kappa shape index (κ1) is 17.1. The number of nitrogens with one attached hydrogen (secondary N) is 1. The number of hydrogen-bond donors (Lipinski definition) is 1. The zero-order valence-electron chi connectivity index (χ0n) is 14.7. The van der Waals surface area contributed by atoms with Gasteiger partial charge in [0.25, 0.3) is 0 Å². The minimum absolute atomic E-state index is 0.0226. The highest BCUT2D eigenvalue weighted by Gasteiger charge is 2.29. The van der Waals surface area contributed by atoms with Gasteiger partial charge < -0.3 is 5.32 Å². The molecular weight excluding hydrogens is 322 g/mol. The number of carbonyl (C=O) groups is 1. The van der Waals surface area contributed by atoms with Gasteiger partial charge in [0.05, 0.1) is 11.7 Å². The molecule has 1 saturated heterocycles. The van der Waals surface area contributed by atoms with Gasteiger partial charge in [0.2, 0.25) is 5.91 Å². The summed E-state index contributed by atoms with van der Waals surface area (Å²) in [5.41, 5.74) is 2.23. The minimum Gasteiger partial charge on any atom is -0.301 e. The minimum atomic E-state index is -0.162. The van der Waals surface area contributed by atoms with Crippen LogP contribution in [0.5, 0.6) is 0 Å². The number of nitrogens with zero attached hydrogens (tertiary/aromatic N) is 4. The van der Waals surface area contributed by atoms with Gasteiger partial charge in [-0.1, -0.05) is 0 Å². The average molecular weight is 347 g/mol. The lowest BCUT2D eigenvalue weighted by Gasteiger charge is -2.36. The van der Waals surface area contributed by atoms with Crippen molar-refractivity contribution in [3.8, 4) is 0 Å². The molecule has 0 saturated carbocycles. The number of piperidine rings is 1. The van der Waals surface area contributed by atoms with E-state index in [2.05, 4.69) is 26.4 Å². The molecular formula is C17H25N5OS. The van der Waals surface area contributed by atoms with Gasteiger partial charge in [0, 0.05) is 36.3 Å². The van der Waals surface area contributed by atoms with Crippen molar-refractivity contribution in [3.05, 3.63) is 28.5 Å². The van der Waals surface area contributed by atoms with Crippen molar-refractivity contribution in [2.45, 2.75) is 45.6 Å². The van der Waals surface area contributed by atoms with Crippen molar-refractivity contribution in [3.63, 3.8) is 0 Å². The fourth-order valence-electron chi connectivity index (χ4n) is 3.29. The van der Waals surface area contributed by atoms with E-state index in [0.29, 0.717) is 11.0 Å². The van der Waals surface area contributed by atoms with Crippen LogP contribution in [0.25, 0.3) is 0 Å². The monoisotopic (exact) mass is 347 g/mol. The maximum absolute atomic E-state index is 12.6. The molecule has 2 aromatic heterocycles. The van der Waals surface area contributed by atoms with Gasteiger partial charge in [-0.2, -0.15) is 5.10 Å². The molecule has 7 heteroatoms. The predicted octanol–water partition coefficient (Wildman–Crippen LogP) is 2.70. The largest absolute Gasteiger partial charge is 0.301 e. The van der Waals surface area contributed by atoms with E-state index < -0.39 is 0 Å². The molecule has 1 aliphatic rings. The summed E-state index contributed by atoms with van der Waals surface area (Å²) in [6.07, 6.45) is 4.09. The number of aromatic nitrogens is 3. The van der Waals surface area contributed by atoms with E-state index in [4.69, 9.17) is 0 Å². The highest BCUT2D eigenvalue weighted by atomic mass is 32.1. The first-order valence-corrected chi connectivity index (χ1v) is 9.24. The Morgan fingerprint density at radius 2 is 2.25 bits per heavy atom. The van der Waals surface area contributed by atoms with Crippen LogP contribution in [0.15, 0.2) is 12.3 Å². The SMILES string of the molecule is Cc1nc(NC(=O)C(C)N2CCCC(c3ccnn3C)C2)sc1C. The summed E-state index contributed by atoms with van der Waals surface area (Å²) in [7, 11) is 1.98. The Bertz CT molecular complexity index is 703. The number of hydrogen-bond acceptors (Lipinski definition) is 5. The molecule has 2 unspecified atom stereocenters. The highest BCUT2D eigenvalue weighted by Crippen LogP contribution is 2.28. The summed E-state index contributed by atoms with van der Waals surface area (Å²) in [5, 5.41) is 7.94. The fraction of sp³-hybridized carbons (Fsp3) is 0.588. The standard InChI is InChI=1S/C17H25N5OS/c1-11-13(3)24-17(19-11)20-16(23)12(2)22-9-5-6-14(10-22)15-7-8-18-21(15)4/h7-8,12,14H,5-6,9-10H2,1-4H3,(H,19,20,23). The normalized spacial score (nSPS) is 20.1. The molecule has 1 aliphatic heterocycles. The molecule has 2 atom stereocenters. The van der Waals surface area contributed by atoms with Crippen LogP contribution < -0.4 is 5.32 Å². The lowest BCUT2D eigenvalue weighted by Crippen LogP contribution is -2.46. The Hall–Kier alpha value is -1.73. The Morgan fingerprint density at radius 3 is 2.88 bits per heavy atom. The van der Waals surface area contributed by atoms with Gasteiger partial charge in [-0.05, 0) is 46.2 Å². The van der Waals surface area contributed by atoms with E-state index in [1.54, 1.807) is 0 Å². The van der Waals surface area contributed by atoms with Crippen LogP contribution in [0, 0.1) is 13.8 Å². The Balaban J connectivity index is 1.64. The van der Waals surface area contributed by atoms with Gasteiger partial charge in [-0.15, -0.1) is 11.3 Å². The van der Waals surface area contributed by atoms with E-state index in [1.165, 1.54) is 17.0 Å². The highest BCUT2D eigenvalue weighted by molar-refractivity contribution is 7.15. The second-order valence-corrected chi connectivity index (χ2v) is 7.74. The van der Waals surface area contributed by atoms with Crippen molar-refractivity contribution in [2.75, 3.05) is 18.4 Å². The molecule has 0 aromatic carbocycles. The summed E-state index contributed by atoms with van der Waals surface area (Å²) in [4.78, 5) is 20.4. The first-order chi connectivity index (χ1) is 11.5. The quantitative estimate of drug-likeness (QED) is 0.924. The average Bonchev–Trinajstić information content (AvgIpc) is 3.12. The number of amides is 1. The number of anilines is 1. The number of thiazole rings is 1. The van der Waals surface area contributed by atoms with Gasteiger partial charge in [0.1, 0.15) is 0 Å². The number of likely N-dealkylation sites (tertiary alicyclic amines) is 1. The van der Waals surface area contributed by atoms with Crippen molar-refractivity contribution >= 4 is 22.4 Å². The van der Waals surface area contributed by atoms with Crippen LogP contribution in [0.4, 0.5) is 5.13 Å². The van der Waals surface area contributed by atoms with Gasteiger partial charge in [-0.3, -0.25) is 14.4 Å². The number of carbonyl (C=O) groups excluding carboxylic acids is 1. The molecule has 1 N–H and O–H groups in total. The topological polar surface area (TPSA) is 63.1 Å². The second kappa shape index (κ2) is 7.03. The lowest BCUT2D eigenvalue weighted by molar-refractivity contribution is -0.121. The summed E-state index contributed by atoms with van der Waals surface area (Å²) in [6.45, 7) is 7.82. The van der Waals surface area contributed by atoms with E-state index in [9.17, 15) is 4.79 Å². The molecule has 130 valence electrons. The fourth-order valence-corrected chi connectivity index (χ4v) is 4.10. The third-order valence-corrected chi connectivity index (χ3v) is 5.90. The molecule has 1 amide bonds. The van der Waals surface area contributed by atoms with Crippen LogP contribution >= 0.6 is 11.3 Å². The lowest BCUT2D eigenvalue weighted by atomic mass is 9.93.